The molecular formula is C30H33F3N6O2. The number of rotatable bonds is 5. The number of imidazole rings is 1. The molecule has 4 heterocycles. The number of carbonyl (C=O) groups is 1. The first-order valence-electron chi connectivity index (χ1n) is 14.1. The monoisotopic (exact) mass is 566 g/mol. The number of likely N-dealkylation sites (tertiary alicyclic amines) is 2. The second-order valence-electron chi connectivity index (χ2n) is 11.1. The van der Waals surface area contributed by atoms with Crippen LogP contribution in [0.1, 0.15) is 31.7 Å². The summed E-state index contributed by atoms with van der Waals surface area (Å²) < 4.78 is 44.6. The van der Waals surface area contributed by atoms with Gasteiger partial charge in [-0.3, -0.25) is 18.8 Å². The van der Waals surface area contributed by atoms with Gasteiger partial charge in [0.1, 0.15) is 5.82 Å². The Bertz CT molecular complexity index is 1580. The minimum Gasteiger partial charge on any atom is -0.373 e. The Morgan fingerprint density at radius 3 is 2.39 bits per heavy atom. The molecule has 0 saturated carbocycles. The fraction of sp³-hybridized carbons (Fsp3) is 0.400. The summed E-state index contributed by atoms with van der Waals surface area (Å²) in [6.45, 7) is 3.52. The SMILES string of the molecule is NC1C=C(CN2CCC(C(=O)N3CCC(n4c(=O)n(-c5ccc(F)c(F)c5)c5cc(F)ccc54)CC3)CC2)C=CN1. The van der Waals surface area contributed by atoms with E-state index < -0.39 is 23.1 Å². The van der Waals surface area contributed by atoms with Gasteiger partial charge in [0.15, 0.2) is 11.6 Å². The minimum absolute atomic E-state index is 0.0245. The number of nitrogens with zero attached hydrogens (tertiary/aromatic N) is 4. The molecule has 2 saturated heterocycles. The lowest BCUT2D eigenvalue weighted by molar-refractivity contribution is -0.138. The van der Waals surface area contributed by atoms with E-state index in [0.717, 1.165) is 44.6 Å². The Morgan fingerprint density at radius 2 is 1.68 bits per heavy atom. The van der Waals surface area contributed by atoms with Crippen LogP contribution >= 0.6 is 0 Å². The van der Waals surface area contributed by atoms with Crippen LogP contribution in [0, 0.1) is 23.4 Å². The Balaban J connectivity index is 1.13. The first-order chi connectivity index (χ1) is 19.8. The van der Waals surface area contributed by atoms with E-state index in [2.05, 4.69) is 10.2 Å². The smallest absolute Gasteiger partial charge is 0.333 e. The van der Waals surface area contributed by atoms with Crippen molar-refractivity contribution >= 4 is 16.9 Å². The van der Waals surface area contributed by atoms with Gasteiger partial charge in [-0.15, -0.1) is 0 Å². The number of carbonyl (C=O) groups excluding carboxylic acids is 1. The average molecular weight is 567 g/mol. The van der Waals surface area contributed by atoms with E-state index in [9.17, 15) is 22.8 Å². The molecule has 0 bridgehead atoms. The van der Waals surface area contributed by atoms with E-state index >= 15 is 0 Å². The molecule has 1 atom stereocenters. The fourth-order valence-electron chi connectivity index (χ4n) is 6.32. The maximum atomic E-state index is 14.2. The number of piperidine rings is 2. The molecule has 3 N–H and O–H groups in total. The molecular weight excluding hydrogens is 533 g/mol. The van der Waals surface area contributed by atoms with Crippen LogP contribution in [0.25, 0.3) is 16.7 Å². The lowest BCUT2D eigenvalue weighted by Gasteiger charge is -2.37. The molecule has 0 radical (unpaired) electrons. The molecule has 3 aliphatic rings. The number of nitrogens with one attached hydrogen (secondary N) is 1. The average Bonchev–Trinajstić information content (AvgIpc) is 3.25. The number of nitrogens with two attached hydrogens (primary N) is 1. The lowest BCUT2D eigenvalue weighted by Crippen LogP contribution is -2.46. The Kier molecular flexibility index (Phi) is 7.48. The number of halogens is 3. The molecule has 3 aliphatic heterocycles. The van der Waals surface area contributed by atoms with Gasteiger partial charge in [-0.25, -0.2) is 18.0 Å². The highest BCUT2D eigenvalue weighted by Crippen LogP contribution is 2.30. The molecule has 6 rings (SSSR count). The number of hydrogen-bond donors (Lipinski definition) is 2. The minimum atomic E-state index is -1.09. The number of dihydropyridines is 1. The summed E-state index contributed by atoms with van der Waals surface area (Å²) in [6.07, 6.45) is 8.46. The molecule has 216 valence electrons. The van der Waals surface area contributed by atoms with Crippen molar-refractivity contribution in [1.29, 1.82) is 0 Å². The first kappa shape index (κ1) is 27.3. The third-order valence-electron chi connectivity index (χ3n) is 8.46. The molecule has 0 aliphatic carbocycles. The van der Waals surface area contributed by atoms with Gasteiger partial charge in [-0.2, -0.15) is 0 Å². The van der Waals surface area contributed by atoms with Crippen LogP contribution in [0.4, 0.5) is 13.2 Å². The first-order valence-corrected chi connectivity index (χ1v) is 14.1. The van der Waals surface area contributed by atoms with E-state index in [1.165, 1.54) is 34.4 Å². The molecule has 1 amide bonds. The van der Waals surface area contributed by atoms with Crippen LogP contribution < -0.4 is 16.7 Å². The Labute approximate surface area is 235 Å². The summed E-state index contributed by atoms with van der Waals surface area (Å²) in [5.74, 6) is -2.52. The van der Waals surface area contributed by atoms with Gasteiger partial charge < -0.3 is 16.0 Å². The zero-order valence-electron chi connectivity index (χ0n) is 22.6. The molecule has 1 aromatic heterocycles. The van der Waals surface area contributed by atoms with E-state index in [-0.39, 0.29) is 35.2 Å². The maximum absolute atomic E-state index is 14.2. The predicted molar refractivity (Wildman–Crippen MR) is 150 cm³/mol. The Morgan fingerprint density at radius 1 is 0.927 bits per heavy atom. The summed E-state index contributed by atoms with van der Waals surface area (Å²) in [6, 6.07) is 7.02. The van der Waals surface area contributed by atoms with Crippen molar-refractivity contribution in [2.75, 3.05) is 32.7 Å². The molecule has 8 nitrogen and oxygen atoms in total. The predicted octanol–water partition coefficient (Wildman–Crippen LogP) is 3.41. The molecule has 3 aromatic rings. The summed E-state index contributed by atoms with van der Waals surface area (Å²) in [4.78, 5) is 31.3. The summed E-state index contributed by atoms with van der Waals surface area (Å²) in [5, 5.41) is 3.04. The van der Waals surface area contributed by atoms with Gasteiger partial charge in [0.05, 0.1) is 22.9 Å². The highest BCUT2D eigenvalue weighted by atomic mass is 19.2. The maximum Gasteiger partial charge on any atom is 0.333 e. The van der Waals surface area contributed by atoms with Crippen molar-refractivity contribution in [3.8, 4) is 5.69 Å². The standard InChI is InChI=1S/C30H33F3N6O2/c31-21-1-4-26-27(16-21)39(23-2-3-24(32)25(33)17-23)30(41)38(26)22-8-13-37(14-9-22)29(40)20-6-11-36(12-7-20)18-19-5-10-35-28(34)15-19/h1-5,10,15-17,20,22,28,35H,6-9,11-14,18,34H2. The molecule has 2 fully saturated rings. The third kappa shape index (κ3) is 5.43. The second-order valence-corrected chi connectivity index (χ2v) is 11.1. The van der Waals surface area contributed by atoms with E-state index in [1.807, 2.05) is 23.3 Å². The number of amides is 1. The van der Waals surface area contributed by atoms with E-state index in [1.54, 1.807) is 4.57 Å². The van der Waals surface area contributed by atoms with Crippen molar-refractivity contribution in [2.45, 2.75) is 37.9 Å². The highest BCUT2D eigenvalue weighted by molar-refractivity contribution is 5.80. The normalized spacial score (nSPS) is 20.8. The van der Waals surface area contributed by atoms with Crippen LogP contribution in [0.2, 0.25) is 0 Å². The molecule has 41 heavy (non-hydrogen) atoms. The van der Waals surface area contributed by atoms with Crippen LogP contribution in [0.5, 0.6) is 0 Å². The number of benzene rings is 2. The largest absolute Gasteiger partial charge is 0.373 e. The zero-order chi connectivity index (χ0) is 28.7. The topological polar surface area (TPSA) is 88.5 Å². The van der Waals surface area contributed by atoms with Crippen LogP contribution in [-0.4, -0.2) is 63.7 Å². The van der Waals surface area contributed by atoms with Gasteiger partial charge in [0, 0.05) is 43.7 Å². The van der Waals surface area contributed by atoms with Crippen molar-refractivity contribution in [3.05, 3.63) is 88.3 Å². The van der Waals surface area contributed by atoms with Crippen LogP contribution in [0.15, 0.2) is 65.1 Å². The van der Waals surface area contributed by atoms with Gasteiger partial charge in [0.25, 0.3) is 0 Å². The van der Waals surface area contributed by atoms with Crippen molar-refractivity contribution in [1.82, 2.24) is 24.3 Å². The van der Waals surface area contributed by atoms with Crippen LogP contribution in [0.3, 0.4) is 0 Å². The number of aromatic nitrogens is 2. The number of hydrogen-bond acceptors (Lipinski definition) is 5. The van der Waals surface area contributed by atoms with Crippen molar-refractivity contribution in [3.63, 3.8) is 0 Å². The summed E-state index contributed by atoms with van der Waals surface area (Å²) >= 11 is 0. The molecule has 0 spiro atoms. The Hall–Kier alpha value is -3.83. The van der Waals surface area contributed by atoms with E-state index in [4.69, 9.17) is 5.73 Å². The third-order valence-corrected chi connectivity index (χ3v) is 8.46. The second kappa shape index (κ2) is 11.2. The zero-order valence-corrected chi connectivity index (χ0v) is 22.6. The van der Waals surface area contributed by atoms with Gasteiger partial charge >= 0.3 is 5.69 Å². The molecule has 1 unspecified atom stereocenters. The number of fused-ring (bicyclic) bond motifs is 1. The lowest BCUT2D eigenvalue weighted by atomic mass is 9.93. The molecule has 11 heteroatoms. The van der Waals surface area contributed by atoms with Gasteiger partial charge in [-0.05, 0) is 87.0 Å². The van der Waals surface area contributed by atoms with Gasteiger partial charge in [-0.1, -0.05) is 0 Å². The summed E-state index contributed by atoms with van der Waals surface area (Å²) in [7, 11) is 0. The molecule has 2 aromatic carbocycles. The quantitative estimate of drug-likeness (QED) is 0.494. The van der Waals surface area contributed by atoms with Crippen molar-refractivity contribution in [2.24, 2.45) is 11.7 Å². The van der Waals surface area contributed by atoms with Gasteiger partial charge in [0.2, 0.25) is 5.91 Å². The highest BCUT2D eigenvalue weighted by Gasteiger charge is 2.33. The van der Waals surface area contributed by atoms with E-state index in [0.29, 0.717) is 31.4 Å². The van der Waals surface area contributed by atoms with Crippen LogP contribution in [-0.2, 0) is 4.79 Å². The summed E-state index contributed by atoms with van der Waals surface area (Å²) in [5.41, 5.74) is 7.57. The van der Waals surface area contributed by atoms with Crippen molar-refractivity contribution < 1.29 is 18.0 Å². The fourth-order valence-corrected chi connectivity index (χ4v) is 6.32.